The standard InChI is InChI=1S/C17H20N6O2/c24-14-6-2-1-4-12(14)10-19-13-5-3-8-22(11-13)15-16-20-21-17(25)23(16)9-7-18-15/h1-2,4,6-7,9,13,19,24H,3,5,8,10-11H2,(H,21,25)/t13-/m1/s1. The molecule has 8 heteroatoms. The van der Waals surface area contributed by atoms with Crippen LogP contribution in [-0.2, 0) is 6.54 Å². The van der Waals surface area contributed by atoms with Crippen molar-refractivity contribution >= 4 is 11.5 Å². The summed E-state index contributed by atoms with van der Waals surface area (Å²) in [6, 6.07) is 7.63. The zero-order valence-corrected chi connectivity index (χ0v) is 13.7. The van der Waals surface area contributed by atoms with Crippen molar-refractivity contribution in [2.75, 3.05) is 18.0 Å². The van der Waals surface area contributed by atoms with Crippen molar-refractivity contribution in [3.63, 3.8) is 0 Å². The van der Waals surface area contributed by atoms with Gasteiger partial charge in [0.2, 0.25) is 5.65 Å². The number of piperidine rings is 1. The van der Waals surface area contributed by atoms with Crippen LogP contribution < -0.4 is 15.9 Å². The van der Waals surface area contributed by atoms with Crippen LogP contribution in [0, 0.1) is 0 Å². The van der Waals surface area contributed by atoms with E-state index in [1.807, 2.05) is 18.2 Å². The highest BCUT2D eigenvalue weighted by Gasteiger charge is 2.23. The maximum absolute atomic E-state index is 11.7. The van der Waals surface area contributed by atoms with Gasteiger partial charge in [0.15, 0.2) is 5.82 Å². The van der Waals surface area contributed by atoms with Gasteiger partial charge in [0.1, 0.15) is 5.75 Å². The lowest BCUT2D eigenvalue weighted by Crippen LogP contribution is -2.46. The number of hydrogen-bond donors (Lipinski definition) is 3. The number of aromatic hydroxyl groups is 1. The van der Waals surface area contributed by atoms with E-state index in [9.17, 15) is 9.90 Å². The lowest BCUT2D eigenvalue weighted by Gasteiger charge is -2.34. The summed E-state index contributed by atoms with van der Waals surface area (Å²) in [5, 5.41) is 20.0. The van der Waals surface area contributed by atoms with Crippen LogP contribution in [0.4, 0.5) is 5.82 Å². The Morgan fingerprint density at radius 3 is 3.12 bits per heavy atom. The molecule has 4 rings (SSSR count). The molecule has 3 aromatic rings. The monoisotopic (exact) mass is 340 g/mol. The molecule has 0 saturated carbocycles. The highest BCUT2D eigenvalue weighted by atomic mass is 16.3. The molecule has 0 spiro atoms. The predicted molar refractivity (Wildman–Crippen MR) is 93.8 cm³/mol. The minimum atomic E-state index is -0.259. The Morgan fingerprint density at radius 2 is 2.24 bits per heavy atom. The largest absolute Gasteiger partial charge is 0.508 e. The molecule has 0 amide bonds. The zero-order chi connectivity index (χ0) is 17.2. The van der Waals surface area contributed by atoms with Gasteiger partial charge < -0.3 is 15.3 Å². The normalized spacial score (nSPS) is 17.9. The van der Waals surface area contributed by atoms with Crippen molar-refractivity contribution in [2.24, 2.45) is 0 Å². The number of phenols is 1. The summed E-state index contributed by atoms with van der Waals surface area (Å²) in [4.78, 5) is 18.3. The molecule has 1 saturated heterocycles. The van der Waals surface area contributed by atoms with E-state index in [1.54, 1.807) is 18.5 Å². The van der Waals surface area contributed by atoms with Gasteiger partial charge in [0.25, 0.3) is 0 Å². The number of nitrogens with one attached hydrogen (secondary N) is 2. The van der Waals surface area contributed by atoms with E-state index in [4.69, 9.17) is 0 Å². The summed E-state index contributed by atoms with van der Waals surface area (Å²) in [7, 11) is 0. The molecule has 1 aliphatic rings. The smallest absolute Gasteiger partial charge is 0.347 e. The van der Waals surface area contributed by atoms with E-state index in [2.05, 4.69) is 25.4 Å². The van der Waals surface area contributed by atoms with Gasteiger partial charge in [-0.1, -0.05) is 18.2 Å². The van der Waals surface area contributed by atoms with Crippen molar-refractivity contribution in [1.82, 2.24) is 24.9 Å². The van der Waals surface area contributed by atoms with E-state index in [1.165, 1.54) is 4.40 Å². The van der Waals surface area contributed by atoms with Crippen LogP contribution in [0.5, 0.6) is 5.75 Å². The minimum Gasteiger partial charge on any atom is -0.508 e. The lowest BCUT2D eigenvalue weighted by atomic mass is 10.1. The second-order valence-corrected chi connectivity index (χ2v) is 6.27. The molecule has 2 aromatic heterocycles. The number of H-pyrrole nitrogens is 1. The van der Waals surface area contributed by atoms with Gasteiger partial charge in [0, 0.05) is 43.6 Å². The number of para-hydroxylation sites is 1. The summed E-state index contributed by atoms with van der Waals surface area (Å²) in [5.74, 6) is 1.03. The topological polar surface area (TPSA) is 98.5 Å². The summed E-state index contributed by atoms with van der Waals surface area (Å²) in [6.45, 7) is 2.27. The van der Waals surface area contributed by atoms with Crippen molar-refractivity contribution in [1.29, 1.82) is 0 Å². The van der Waals surface area contributed by atoms with Crippen molar-refractivity contribution in [3.05, 3.63) is 52.7 Å². The van der Waals surface area contributed by atoms with Crippen LogP contribution in [0.3, 0.4) is 0 Å². The molecule has 8 nitrogen and oxygen atoms in total. The first-order valence-corrected chi connectivity index (χ1v) is 8.39. The van der Waals surface area contributed by atoms with Crippen LogP contribution in [0.2, 0.25) is 0 Å². The number of fused-ring (bicyclic) bond motifs is 1. The Morgan fingerprint density at radius 1 is 1.36 bits per heavy atom. The second kappa shape index (κ2) is 6.56. The fourth-order valence-corrected chi connectivity index (χ4v) is 3.30. The maximum Gasteiger partial charge on any atom is 0.347 e. The van der Waals surface area contributed by atoms with E-state index >= 15 is 0 Å². The van der Waals surface area contributed by atoms with E-state index in [0.717, 1.165) is 37.3 Å². The molecule has 3 heterocycles. The first kappa shape index (κ1) is 15.6. The summed E-state index contributed by atoms with van der Waals surface area (Å²) in [6.07, 6.45) is 5.32. The van der Waals surface area contributed by atoms with Crippen molar-refractivity contribution < 1.29 is 5.11 Å². The predicted octanol–water partition coefficient (Wildman–Crippen LogP) is 0.882. The quantitative estimate of drug-likeness (QED) is 0.652. The first-order chi connectivity index (χ1) is 12.2. The zero-order valence-electron chi connectivity index (χ0n) is 13.7. The van der Waals surface area contributed by atoms with E-state index in [-0.39, 0.29) is 11.7 Å². The van der Waals surface area contributed by atoms with Crippen molar-refractivity contribution in [2.45, 2.75) is 25.4 Å². The number of benzene rings is 1. The van der Waals surface area contributed by atoms with E-state index < -0.39 is 0 Å². The summed E-state index contributed by atoms with van der Waals surface area (Å²) >= 11 is 0. The third-order valence-electron chi connectivity index (χ3n) is 4.61. The SMILES string of the molecule is O=c1[nH]nc2c(N3CCC[C@@H](NCc4ccccc4O)C3)nccn12. The van der Waals surface area contributed by atoms with Crippen LogP contribution in [0.1, 0.15) is 18.4 Å². The molecule has 1 atom stereocenters. The highest BCUT2D eigenvalue weighted by molar-refractivity contribution is 5.63. The number of phenolic OH excluding ortho intramolecular Hbond substituents is 1. The molecule has 1 fully saturated rings. The molecule has 130 valence electrons. The molecule has 0 radical (unpaired) electrons. The lowest BCUT2D eigenvalue weighted by molar-refractivity contribution is 0.412. The Labute approximate surface area is 144 Å². The van der Waals surface area contributed by atoms with Crippen molar-refractivity contribution in [3.8, 4) is 5.75 Å². The molecule has 0 bridgehead atoms. The van der Waals surface area contributed by atoms with Crippen LogP contribution >= 0.6 is 0 Å². The minimum absolute atomic E-state index is 0.259. The highest BCUT2D eigenvalue weighted by Crippen LogP contribution is 2.21. The van der Waals surface area contributed by atoms with Crippen LogP contribution in [-0.4, -0.2) is 43.8 Å². The molecule has 1 aromatic carbocycles. The second-order valence-electron chi connectivity index (χ2n) is 6.27. The van der Waals surface area contributed by atoms with E-state index in [0.29, 0.717) is 17.9 Å². The summed E-state index contributed by atoms with van der Waals surface area (Å²) in [5.41, 5.74) is 1.18. The number of anilines is 1. The fourth-order valence-electron chi connectivity index (χ4n) is 3.30. The van der Waals surface area contributed by atoms with Gasteiger partial charge in [-0.2, -0.15) is 0 Å². The maximum atomic E-state index is 11.7. The molecular weight excluding hydrogens is 320 g/mol. The molecule has 25 heavy (non-hydrogen) atoms. The van der Waals surface area contributed by atoms with Crippen LogP contribution in [0.15, 0.2) is 41.5 Å². The Bertz CT molecular complexity index is 934. The third kappa shape index (κ3) is 3.08. The molecule has 1 aliphatic heterocycles. The van der Waals surface area contributed by atoms with Crippen LogP contribution in [0.25, 0.3) is 5.65 Å². The third-order valence-corrected chi connectivity index (χ3v) is 4.61. The van der Waals surface area contributed by atoms with Gasteiger partial charge in [-0.05, 0) is 18.9 Å². The number of rotatable bonds is 4. The Hall–Kier alpha value is -2.87. The van der Waals surface area contributed by atoms with Gasteiger partial charge >= 0.3 is 5.69 Å². The Kier molecular flexibility index (Phi) is 4.10. The average Bonchev–Trinajstić information content (AvgIpc) is 3.03. The first-order valence-electron chi connectivity index (χ1n) is 8.39. The number of aromatic nitrogens is 4. The van der Waals surface area contributed by atoms with Gasteiger partial charge in [-0.15, -0.1) is 5.10 Å². The number of hydrogen-bond acceptors (Lipinski definition) is 6. The Balaban J connectivity index is 1.49. The van der Waals surface area contributed by atoms with Gasteiger partial charge in [0.05, 0.1) is 0 Å². The molecule has 0 aliphatic carbocycles. The van der Waals surface area contributed by atoms with Gasteiger partial charge in [-0.25, -0.2) is 19.3 Å². The summed E-state index contributed by atoms with van der Waals surface area (Å²) < 4.78 is 1.47. The average molecular weight is 340 g/mol. The number of nitrogens with zero attached hydrogens (tertiary/aromatic N) is 4. The molecular formula is C17H20N6O2. The fraction of sp³-hybridized carbons (Fsp3) is 0.353. The molecule has 3 N–H and O–H groups in total. The number of aromatic amines is 1. The molecule has 0 unspecified atom stereocenters. The van der Waals surface area contributed by atoms with Gasteiger partial charge in [-0.3, -0.25) is 0 Å².